The van der Waals surface area contributed by atoms with Gasteiger partial charge in [-0.15, -0.1) is 0 Å². The minimum Gasteiger partial charge on any atom is -0.292 e. The van der Waals surface area contributed by atoms with Gasteiger partial charge in [-0.05, 0) is 56.2 Å². The summed E-state index contributed by atoms with van der Waals surface area (Å²) in [5, 5.41) is 4.47. The molecular weight excluding hydrogens is 357 g/mol. The molecule has 4 rings (SSSR count). The number of nitrogens with zero attached hydrogens (tertiary/aromatic N) is 4. The van der Waals surface area contributed by atoms with Crippen LogP contribution in [0.5, 0.6) is 0 Å². The zero-order chi connectivity index (χ0) is 19.3. The molecular formula is C19H17F3N4O. The lowest BCUT2D eigenvalue weighted by molar-refractivity contribution is -0.137. The number of halogens is 3. The molecule has 0 saturated heterocycles. The number of benzene rings is 1. The summed E-state index contributed by atoms with van der Waals surface area (Å²) >= 11 is 0. The molecule has 0 bridgehead atoms. The van der Waals surface area contributed by atoms with Gasteiger partial charge in [0.05, 0.1) is 22.2 Å². The molecule has 3 heterocycles. The van der Waals surface area contributed by atoms with Gasteiger partial charge in [0.1, 0.15) is 5.82 Å². The van der Waals surface area contributed by atoms with Gasteiger partial charge in [-0.2, -0.15) is 18.3 Å². The third-order valence-electron chi connectivity index (χ3n) is 4.69. The second-order valence-electron chi connectivity index (χ2n) is 6.84. The number of aromatic nitrogens is 4. The van der Waals surface area contributed by atoms with E-state index < -0.39 is 11.7 Å². The summed E-state index contributed by atoms with van der Waals surface area (Å²) < 4.78 is 42.4. The predicted molar refractivity (Wildman–Crippen MR) is 96.1 cm³/mol. The summed E-state index contributed by atoms with van der Waals surface area (Å²) in [6.45, 7) is 4.47. The van der Waals surface area contributed by atoms with E-state index in [2.05, 4.69) is 10.1 Å². The zero-order valence-electron chi connectivity index (χ0n) is 14.8. The highest BCUT2D eigenvalue weighted by Gasteiger charge is 2.31. The van der Waals surface area contributed by atoms with Gasteiger partial charge in [-0.25, -0.2) is 4.98 Å². The lowest BCUT2D eigenvalue weighted by Crippen LogP contribution is -2.21. The van der Waals surface area contributed by atoms with Gasteiger partial charge in [0.2, 0.25) is 0 Å². The Balaban J connectivity index is 1.88. The maximum Gasteiger partial charge on any atom is 0.416 e. The normalized spacial score (nSPS) is 15.9. The van der Waals surface area contributed by atoms with Crippen molar-refractivity contribution in [2.24, 2.45) is 0 Å². The Bertz CT molecular complexity index is 1120. The summed E-state index contributed by atoms with van der Waals surface area (Å²) in [5.74, 6) is 0.420. The van der Waals surface area contributed by atoms with E-state index in [0.717, 1.165) is 23.4 Å². The highest BCUT2D eigenvalue weighted by atomic mass is 19.4. The molecule has 0 radical (unpaired) electrons. The van der Waals surface area contributed by atoms with Gasteiger partial charge < -0.3 is 0 Å². The van der Waals surface area contributed by atoms with Crippen LogP contribution in [-0.4, -0.2) is 19.3 Å². The number of rotatable bonds is 2. The topological polar surface area (TPSA) is 52.7 Å². The Morgan fingerprint density at radius 3 is 2.70 bits per heavy atom. The molecule has 27 heavy (non-hydrogen) atoms. The van der Waals surface area contributed by atoms with Crippen LogP contribution in [0.15, 0.2) is 35.3 Å². The van der Waals surface area contributed by atoms with Crippen molar-refractivity contribution in [2.45, 2.75) is 39.0 Å². The van der Waals surface area contributed by atoms with Crippen LogP contribution in [0, 0.1) is 0 Å². The van der Waals surface area contributed by atoms with Crippen LogP contribution in [0.4, 0.5) is 13.2 Å². The van der Waals surface area contributed by atoms with Crippen molar-refractivity contribution in [3.63, 3.8) is 0 Å². The van der Waals surface area contributed by atoms with Crippen LogP contribution in [0.25, 0.3) is 22.6 Å². The maximum atomic E-state index is 13.0. The van der Waals surface area contributed by atoms with Crippen molar-refractivity contribution >= 4 is 22.6 Å². The van der Waals surface area contributed by atoms with Crippen LogP contribution in [0.3, 0.4) is 0 Å². The number of alkyl halides is 3. The summed E-state index contributed by atoms with van der Waals surface area (Å²) in [6, 6.07) is 5.08. The predicted octanol–water partition coefficient (Wildman–Crippen LogP) is 4.14. The third-order valence-corrected chi connectivity index (χ3v) is 4.69. The molecule has 5 nitrogen and oxygen atoms in total. The highest BCUT2D eigenvalue weighted by Crippen LogP contribution is 2.32. The lowest BCUT2D eigenvalue weighted by atomic mass is 10.1. The Morgan fingerprint density at radius 2 is 2.00 bits per heavy atom. The first-order valence-corrected chi connectivity index (χ1v) is 8.62. The Labute approximate surface area is 152 Å². The largest absolute Gasteiger partial charge is 0.416 e. The van der Waals surface area contributed by atoms with Crippen molar-refractivity contribution in [2.75, 3.05) is 0 Å². The smallest absolute Gasteiger partial charge is 0.292 e. The summed E-state index contributed by atoms with van der Waals surface area (Å²) in [6.07, 6.45) is -0.295. The lowest BCUT2D eigenvalue weighted by Gasteiger charge is -2.10. The fourth-order valence-electron chi connectivity index (χ4n) is 3.38. The Morgan fingerprint density at radius 1 is 1.22 bits per heavy atom. The number of fused-ring (bicyclic) bond motifs is 2. The Kier molecular flexibility index (Phi) is 3.94. The summed E-state index contributed by atoms with van der Waals surface area (Å²) in [4.78, 5) is 17.1. The van der Waals surface area contributed by atoms with E-state index in [1.165, 1.54) is 10.6 Å². The first-order chi connectivity index (χ1) is 12.8. The van der Waals surface area contributed by atoms with Crippen LogP contribution in [-0.2, 0) is 12.7 Å². The van der Waals surface area contributed by atoms with Crippen LogP contribution >= 0.6 is 0 Å². The Hall–Kier alpha value is -2.90. The number of hydrogen-bond donors (Lipinski definition) is 0. The van der Waals surface area contributed by atoms with Crippen molar-refractivity contribution in [1.29, 1.82) is 0 Å². The average molecular weight is 374 g/mol. The van der Waals surface area contributed by atoms with Crippen LogP contribution < -0.4 is 5.56 Å². The standard InChI is InChI=1S/C19H17F3N4O/c1-11(2)26-14(5-7-23-26)9-12-6-8-25-17(12)24-16-10-13(19(20,21)22)3-4-15(16)18(25)27/h3-5,7,9-11H,6,8H2,1-2H3. The molecule has 0 unspecified atom stereocenters. The molecule has 0 amide bonds. The first-order valence-electron chi connectivity index (χ1n) is 8.62. The third kappa shape index (κ3) is 2.94. The SMILES string of the molecule is CC(C)n1nccc1C=C1CCn2c1nc1cc(C(F)(F)F)ccc1c2=O. The first kappa shape index (κ1) is 17.5. The molecule has 1 aliphatic rings. The second kappa shape index (κ2) is 6.07. The molecule has 0 saturated carbocycles. The number of hydrogen-bond acceptors (Lipinski definition) is 3. The van der Waals surface area contributed by atoms with Crippen molar-refractivity contribution < 1.29 is 13.2 Å². The molecule has 8 heteroatoms. The maximum absolute atomic E-state index is 13.0. The monoisotopic (exact) mass is 374 g/mol. The molecule has 1 aliphatic heterocycles. The minimum atomic E-state index is -4.48. The van der Waals surface area contributed by atoms with Crippen molar-refractivity contribution in [3.05, 3.63) is 57.9 Å². The molecule has 0 aliphatic carbocycles. The van der Waals surface area contributed by atoms with Gasteiger partial charge in [-0.3, -0.25) is 14.0 Å². The van der Waals surface area contributed by atoms with Crippen molar-refractivity contribution in [1.82, 2.24) is 19.3 Å². The molecule has 0 atom stereocenters. The van der Waals surface area contributed by atoms with Gasteiger partial charge in [0, 0.05) is 18.8 Å². The van der Waals surface area contributed by atoms with E-state index in [1.807, 2.05) is 30.7 Å². The van der Waals surface area contributed by atoms with E-state index in [9.17, 15) is 18.0 Å². The molecule has 0 N–H and O–H groups in total. The molecule has 3 aromatic rings. The van der Waals surface area contributed by atoms with E-state index >= 15 is 0 Å². The van der Waals surface area contributed by atoms with E-state index in [4.69, 9.17) is 0 Å². The quantitative estimate of drug-likeness (QED) is 0.678. The van der Waals surface area contributed by atoms with Gasteiger partial charge in [0.15, 0.2) is 0 Å². The summed E-state index contributed by atoms with van der Waals surface area (Å²) in [5.41, 5.74) is 0.615. The van der Waals surface area contributed by atoms with Gasteiger partial charge in [-0.1, -0.05) is 0 Å². The van der Waals surface area contributed by atoms with Crippen molar-refractivity contribution in [3.8, 4) is 0 Å². The number of allylic oxidation sites excluding steroid dienone is 1. The molecule has 2 aromatic heterocycles. The minimum absolute atomic E-state index is 0.0613. The second-order valence-corrected chi connectivity index (χ2v) is 6.84. The fraction of sp³-hybridized carbons (Fsp3) is 0.316. The highest BCUT2D eigenvalue weighted by molar-refractivity contribution is 5.84. The van der Waals surface area contributed by atoms with E-state index in [1.54, 1.807) is 6.20 Å². The average Bonchev–Trinajstić information content (AvgIpc) is 3.22. The van der Waals surface area contributed by atoms with E-state index in [0.29, 0.717) is 18.8 Å². The zero-order valence-corrected chi connectivity index (χ0v) is 14.8. The van der Waals surface area contributed by atoms with Gasteiger partial charge >= 0.3 is 6.18 Å². The molecule has 0 spiro atoms. The fourth-order valence-corrected chi connectivity index (χ4v) is 3.38. The summed E-state index contributed by atoms with van der Waals surface area (Å²) in [7, 11) is 0. The molecule has 0 fully saturated rings. The molecule has 140 valence electrons. The van der Waals surface area contributed by atoms with E-state index in [-0.39, 0.29) is 22.5 Å². The van der Waals surface area contributed by atoms with Crippen LogP contribution in [0.1, 0.15) is 43.4 Å². The molecule has 1 aromatic carbocycles. The van der Waals surface area contributed by atoms with Gasteiger partial charge in [0.25, 0.3) is 5.56 Å². The van der Waals surface area contributed by atoms with Crippen LogP contribution in [0.2, 0.25) is 0 Å².